The fraction of sp³-hybridized carbons (Fsp3) is 0.750. The van der Waals surface area contributed by atoms with Gasteiger partial charge in [0.25, 0.3) is 0 Å². The van der Waals surface area contributed by atoms with Crippen molar-refractivity contribution in [1.29, 1.82) is 0 Å². The van der Waals surface area contributed by atoms with E-state index in [9.17, 15) is 4.79 Å². The molecule has 5 heteroatoms. The van der Waals surface area contributed by atoms with Gasteiger partial charge in [0, 0.05) is 6.42 Å². The maximum atomic E-state index is 10.7. The molecule has 0 atom stereocenters. The van der Waals surface area contributed by atoms with Crippen molar-refractivity contribution in [3.8, 4) is 0 Å². The summed E-state index contributed by atoms with van der Waals surface area (Å²) in [6, 6.07) is 0. The van der Waals surface area contributed by atoms with E-state index in [1.165, 1.54) is 0 Å². The third kappa shape index (κ3) is 2.18. The summed E-state index contributed by atoms with van der Waals surface area (Å²) in [6.45, 7) is 2.11. The summed E-state index contributed by atoms with van der Waals surface area (Å²) in [7, 11) is 0. The van der Waals surface area contributed by atoms with Gasteiger partial charge in [-0.05, 0) is 31.8 Å². The Bertz CT molecular complexity index is 311. The Hall–Kier alpha value is -1.10. The number of aromatic nitrogens is 2. The Morgan fingerprint density at radius 3 is 2.85 bits per heavy atom. The molecular formula is C8H13N3O2. The van der Waals surface area contributed by atoms with Crippen LogP contribution in [0.1, 0.15) is 18.7 Å². The largest absolute Gasteiger partial charge is 0.377 e. The molecule has 0 aromatic carbocycles. The first-order valence-electron chi connectivity index (χ1n) is 4.59. The molecule has 1 saturated heterocycles. The van der Waals surface area contributed by atoms with Crippen LogP contribution in [0.5, 0.6) is 0 Å². The van der Waals surface area contributed by atoms with Crippen molar-refractivity contribution >= 4 is 0 Å². The Labute approximate surface area is 75.5 Å². The molecule has 1 fully saturated rings. The molecule has 0 amide bonds. The number of nitrogens with zero attached hydrogens (tertiary/aromatic N) is 1. The van der Waals surface area contributed by atoms with Gasteiger partial charge in [0.15, 0.2) is 0 Å². The second-order valence-electron chi connectivity index (χ2n) is 3.41. The Morgan fingerprint density at radius 1 is 1.46 bits per heavy atom. The molecule has 5 nitrogen and oxygen atoms in total. The van der Waals surface area contributed by atoms with Gasteiger partial charge in [0.05, 0.1) is 0 Å². The van der Waals surface area contributed by atoms with Crippen LogP contribution < -0.4 is 11.0 Å². The lowest BCUT2D eigenvalue weighted by atomic mass is 9.95. The Morgan fingerprint density at radius 2 is 2.23 bits per heavy atom. The van der Waals surface area contributed by atoms with E-state index in [1.54, 1.807) is 0 Å². The fourth-order valence-corrected chi connectivity index (χ4v) is 1.68. The van der Waals surface area contributed by atoms with Gasteiger partial charge >= 0.3 is 5.69 Å². The van der Waals surface area contributed by atoms with E-state index in [1.807, 2.05) is 0 Å². The molecule has 0 aliphatic carbocycles. The molecule has 0 unspecified atom stereocenters. The fourth-order valence-electron chi connectivity index (χ4n) is 1.68. The average Bonchev–Trinajstić information content (AvgIpc) is 2.53. The van der Waals surface area contributed by atoms with E-state index in [0.29, 0.717) is 11.8 Å². The van der Waals surface area contributed by atoms with Crippen LogP contribution in [-0.2, 0) is 6.42 Å². The minimum absolute atomic E-state index is 0.385. The van der Waals surface area contributed by atoms with Gasteiger partial charge in [-0.1, -0.05) is 0 Å². The van der Waals surface area contributed by atoms with Crippen LogP contribution >= 0.6 is 0 Å². The highest BCUT2D eigenvalue weighted by Gasteiger charge is 2.16. The van der Waals surface area contributed by atoms with Crippen LogP contribution in [0.25, 0.3) is 0 Å². The summed E-state index contributed by atoms with van der Waals surface area (Å²) in [5.74, 6) is 1.14. The maximum absolute atomic E-state index is 10.7. The van der Waals surface area contributed by atoms with E-state index in [2.05, 4.69) is 15.5 Å². The molecule has 0 radical (unpaired) electrons. The molecule has 1 aliphatic heterocycles. The maximum Gasteiger partial charge on any atom is 0.377 e. The van der Waals surface area contributed by atoms with E-state index < -0.39 is 0 Å². The summed E-state index contributed by atoms with van der Waals surface area (Å²) in [6.07, 6.45) is 3.05. The number of hydrogen-bond acceptors (Lipinski definition) is 4. The first kappa shape index (κ1) is 8.50. The van der Waals surface area contributed by atoms with Gasteiger partial charge in [-0.25, -0.2) is 4.79 Å². The predicted octanol–water partition coefficient (Wildman–Crippen LogP) is -0.0950. The number of hydrogen-bond donors (Lipinski definition) is 2. The standard InChI is InChI=1S/C8H13N3O2/c12-8-10-7(13-11-8)5-6-1-3-9-4-2-6/h6,9H,1-5H2,(H,11,12). The molecule has 13 heavy (non-hydrogen) atoms. The Balaban J connectivity index is 1.93. The zero-order chi connectivity index (χ0) is 9.10. The van der Waals surface area contributed by atoms with E-state index in [4.69, 9.17) is 4.52 Å². The van der Waals surface area contributed by atoms with Crippen molar-refractivity contribution < 1.29 is 4.52 Å². The van der Waals surface area contributed by atoms with Crippen molar-refractivity contribution in [2.45, 2.75) is 19.3 Å². The minimum Gasteiger partial charge on any atom is -0.362 e. The monoisotopic (exact) mass is 183 g/mol. The lowest BCUT2D eigenvalue weighted by molar-refractivity contribution is 0.312. The number of rotatable bonds is 2. The molecule has 0 saturated carbocycles. The molecule has 1 aromatic heterocycles. The van der Waals surface area contributed by atoms with Crippen LogP contribution in [0.3, 0.4) is 0 Å². The van der Waals surface area contributed by atoms with Crippen molar-refractivity contribution in [2.24, 2.45) is 5.92 Å². The zero-order valence-electron chi connectivity index (χ0n) is 7.38. The molecule has 2 heterocycles. The van der Waals surface area contributed by atoms with Crippen molar-refractivity contribution in [3.63, 3.8) is 0 Å². The molecule has 2 rings (SSSR count). The minimum atomic E-state index is -0.385. The summed E-state index contributed by atoms with van der Waals surface area (Å²) in [5.41, 5.74) is -0.385. The molecule has 72 valence electrons. The van der Waals surface area contributed by atoms with Crippen LogP contribution in [0.2, 0.25) is 0 Å². The number of aromatic amines is 1. The predicted molar refractivity (Wildman–Crippen MR) is 46.4 cm³/mol. The smallest absolute Gasteiger partial charge is 0.362 e. The van der Waals surface area contributed by atoms with Gasteiger partial charge in [-0.15, -0.1) is 0 Å². The first-order valence-corrected chi connectivity index (χ1v) is 4.59. The zero-order valence-corrected chi connectivity index (χ0v) is 7.38. The van der Waals surface area contributed by atoms with Crippen molar-refractivity contribution in [2.75, 3.05) is 13.1 Å². The SMILES string of the molecule is O=c1nc(CC2CCNCC2)o[nH]1. The van der Waals surface area contributed by atoms with Crippen LogP contribution in [0, 0.1) is 5.92 Å². The second-order valence-corrected chi connectivity index (χ2v) is 3.41. The van der Waals surface area contributed by atoms with Gasteiger partial charge < -0.3 is 9.84 Å². The molecule has 1 aliphatic rings. The number of H-pyrrole nitrogens is 1. The summed E-state index contributed by atoms with van der Waals surface area (Å²) in [4.78, 5) is 14.4. The van der Waals surface area contributed by atoms with Crippen molar-refractivity contribution in [3.05, 3.63) is 16.4 Å². The molecule has 0 bridgehead atoms. The lowest BCUT2D eigenvalue weighted by Gasteiger charge is -2.20. The highest BCUT2D eigenvalue weighted by molar-refractivity contribution is 4.81. The normalized spacial score (nSPS) is 19.1. The Kier molecular flexibility index (Phi) is 2.44. The molecule has 0 spiro atoms. The lowest BCUT2D eigenvalue weighted by Crippen LogP contribution is -2.28. The van der Waals surface area contributed by atoms with Gasteiger partial charge in [0.2, 0.25) is 5.89 Å². The second kappa shape index (κ2) is 3.74. The van der Waals surface area contributed by atoms with E-state index in [0.717, 1.165) is 32.4 Å². The quantitative estimate of drug-likeness (QED) is 0.672. The van der Waals surface area contributed by atoms with E-state index >= 15 is 0 Å². The molecular weight excluding hydrogens is 170 g/mol. The third-order valence-electron chi connectivity index (χ3n) is 2.40. The summed E-state index contributed by atoms with van der Waals surface area (Å²) < 4.78 is 4.90. The van der Waals surface area contributed by atoms with Crippen molar-refractivity contribution in [1.82, 2.24) is 15.5 Å². The molecule has 1 aromatic rings. The third-order valence-corrected chi connectivity index (χ3v) is 2.40. The van der Waals surface area contributed by atoms with Gasteiger partial charge in [0.1, 0.15) is 0 Å². The summed E-state index contributed by atoms with van der Waals surface area (Å²) in [5, 5.41) is 5.49. The summed E-state index contributed by atoms with van der Waals surface area (Å²) >= 11 is 0. The average molecular weight is 183 g/mol. The van der Waals surface area contributed by atoms with Crippen LogP contribution in [0.4, 0.5) is 0 Å². The van der Waals surface area contributed by atoms with Gasteiger partial charge in [-0.3, -0.25) is 0 Å². The number of nitrogens with one attached hydrogen (secondary N) is 2. The van der Waals surface area contributed by atoms with E-state index in [-0.39, 0.29) is 5.69 Å². The number of piperidine rings is 1. The highest BCUT2D eigenvalue weighted by Crippen LogP contribution is 2.15. The topological polar surface area (TPSA) is 70.9 Å². The molecule has 2 N–H and O–H groups in total. The van der Waals surface area contributed by atoms with Gasteiger partial charge in [-0.2, -0.15) is 10.1 Å². The highest BCUT2D eigenvalue weighted by atomic mass is 16.5. The van der Waals surface area contributed by atoms with Crippen LogP contribution in [-0.4, -0.2) is 23.2 Å². The van der Waals surface area contributed by atoms with Crippen LogP contribution in [0.15, 0.2) is 9.32 Å². The first-order chi connectivity index (χ1) is 6.34.